The summed E-state index contributed by atoms with van der Waals surface area (Å²) in [6.45, 7) is 14.8. The van der Waals surface area contributed by atoms with Gasteiger partial charge in [-0.25, -0.2) is 19.2 Å². The third-order valence-corrected chi connectivity index (χ3v) is 41.2. The van der Waals surface area contributed by atoms with Gasteiger partial charge in [-0.1, -0.05) is 34.6 Å². The lowest BCUT2D eigenvalue weighted by Crippen LogP contribution is -2.70. The number of esters is 7. The zero-order valence-electron chi connectivity index (χ0n) is 76.2. The highest BCUT2D eigenvalue weighted by molar-refractivity contribution is 5.87. The fraction of sp³-hybridized carbons (Fsp3) is 0.810. The number of aliphatic hydroxyl groups excluding tert-OH is 1. The second-order valence-corrected chi connectivity index (χ2v) is 45.4. The van der Waals surface area contributed by atoms with E-state index in [9.17, 15) is 104 Å². The number of fused-ring (bicyclic) bond motifs is 20. The van der Waals surface area contributed by atoms with Gasteiger partial charge in [0.1, 0.15) is 57.3 Å². The summed E-state index contributed by atoms with van der Waals surface area (Å²) in [6, 6.07) is 0. The van der Waals surface area contributed by atoms with Crippen molar-refractivity contribution in [2.75, 3.05) is 26.4 Å². The molecular formula is C100H138O29. The molecule has 11 N–H and O–H groups in total. The van der Waals surface area contributed by atoms with Gasteiger partial charge in [-0.3, -0.25) is 24.0 Å². The zero-order chi connectivity index (χ0) is 92.6. The lowest BCUT2D eigenvalue weighted by molar-refractivity contribution is -0.260. The Labute approximate surface area is 753 Å². The van der Waals surface area contributed by atoms with Crippen molar-refractivity contribution in [1.29, 1.82) is 0 Å². The van der Waals surface area contributed by atoms with Crippen molar-refractivity contribution < 1.29 is 142 Å². The van der Waals surface area contributed by atoms with Gasteiger partial charge in [-0.15, -0.1) is 0 Å². The third kappa shape index (κ3) is 14.0. The minimum absolute atomic E-state index is 0.0452. The van der Waals surface area contributed by atoms with Crippen LogP contribution in [-0.2, 0) is 85.9 Å². The van der Waals surface area contributed by atoms with E-state index >= 15 is 0 Å². The van der Waals surface area contributed by atoms with E-state index in [0.717, 1.165) is 112 Å². The van der Waals surface area contributed by atoms with Gasteiger partial charge in [0.05, 0.1) is 80.0 Å². The van der Waals surface area contributed by atoms with Gasteiger partial charge in [-0.2, -0.15) is 0 Å². The van der Waals surface area contributed by atoms with E-state index in [0.29, 0.717) is 135 Å². The maximum Gasteiger partial charge on any atom is 0.331 e. The summed E-state index contributed by atoms with van der Waals surface area (Å²) in [6.07, 6.45) is 26.7. The molecule has 32 atom stereocenters. The van der Waals surface area contributed by atoms with Gasteiger partial charge in [0.2, 0.25) is 0 Å². The number of hydrogen-bond donors (Lipinski definition) is 11. The Kier molecular flexibility index (Phi) is 23.8. The Morgan fingerprint density at radius 2 is 0.659 bits per heavy atom. The average Bonchev–Trinajstić information content (AvgIpc) is 1.66. The molecule has 24 unspecified atom stereocenters. The first-order chi connectivity index (χ1) is 60.7. The number of rotatable bonds is 13. The molecule has 20 rings (SSSR count). The molecule has 4 heterocycles. The van der Waals surface area contributed by atoms with Crippen molar-refractivity contribution >= 4 is 66.3 Å². The molecule has 29 heteroatoms. The van der Waals surface area contributed by atoms with Crippen LogP contribution in [0.25, 0.3) is 0 Å². The Hall–Kier alpha value is -6.83. The second-order valence-electron chi connectivity index (χ2n) is 45.4. The van der Waals surface area contributed by atoms with Crippen LogP contribution < -0.4 is 0 Å². The van der Waals surface area contributed by atoms with Crippen LogP contribution in [0.2, 0.25) is 0 Å². The van der Waals surface area contributed by atoms with Gasteiger partial charge >= 0.3 is 53.7 Å². The summed E-state index contributed by atoms with van der Waals surface area (Å²) in [5.41, 5.74) is -9.83. The Bertz CT molecular complexity index is 4680. The fourth-order valence-corrected chi connectivity index (χ4v) is 34.7. The van der Waals surface area contributed by atoms with Crippen LogP contribution in [0.3, 0.4) is 0 Å². The highest BCUT2D eigenvalue weighted by Gasteiger charge is 2.78. The molecule has 129 heavy (non-hydrogen) atoms. The summed E-state index contributed by atoms with van der Waals surface area (Å²) in [4.78, 5) is 131. The van der Waals surface area contributed by atoms with Gasteiger partial charge in [0, 0.05) is 85.5 Å². The van der Waals surface area contributed by atoms with Crippen molar-refractivity contribution in [3.63, 3.8) is 0 Å². The number of carbonyl (C=O) groups excluding carboxylic acids is 9. The van der Waals surface area contributed by atoms with E-state index in [1.54, 1.807) is 24.3 Å². The minimum atomic E-state index is -1.44. The standard InChI is InChI=1S/C27H36O9.C25H34O7.C25H36O6.C23H32O7/c1-24-8-5-19-20(27(24,34)11-7-18(24)16-12-23(32)35-14-16)6-10-26(33)13-17(4-9-25(19,26)15-28)36-22(31)3-2-21(29)30;1-15(27)32-17-3-8-23(14-26)19-4-7-22(2)18(16-11-21(28)31-13-16)6-10-25(22,30)20(19)5-9-24(23,29)12-17;1-15(26)31-17-4-8-22(2)19-5-9-23(3)18(16-12-21(27)30-14-16)7-11-25(23,29)20(19)6-10-24(22,28)13-17;1-20-6-3-16-17(23(20,29)9-5-15(20)13-10-18(25)30-12-13)4-7-21(28)11-14(24)2-8-22(16,21)19(26)27/h12,15,17-20,33-34H,2-11,13-14H2,1H3,(H,29,30);11,14,17-20,29-30H,3-10,12-13H2,1-2H3;12,17-20,28-29H,4-11,13-14H2,1-3H3;10,14-17,24,28-29H,2-9,11-12H2,1H3,(H,26,27)/t17?,18?,19-,20+,24?,25?,26?,27?;2*17?,18?,19-,20+,22?,23?,24?,25?;14?,15?,16-,17+,20?,21?,22?,23?/m0000/s1. The van der Waals surface area contributed by atoms with Crippen LogP contribution >= 0.6 is 0 Å². The molecule has 0 radical (unpaired) electrons. The second kappa shape index (κ2) is 32.7. The molecule has 4 aliphatic heterocycles. The molecule has 0 aromatic rings. The largest absolute Gasteiger partial charge is 0.481 e. The lowest BCUT2D eigenvalue weighted by atomic mass is 9.41. The SMILES string of the molecule is CC(=O)OC1CCC2(C)[C@H]3CCC4(C)C(C5=CC(=O)OC5)CCC4(O)[C@@H]3CCC2(O)C1.CC(=O)OC1CCC2(C=O)[C@H]3CCC4(C)C(C5=CC(=O)OC5)CCC4(O)[C@@H]3CCC2(O)C1.CC12CC[C@H]3[C@@H](CCC4(O)CC(O)CCC34C(=O)O)C1(O)CCC2C1=CC(=O)OC1.CC12CC[C@H]3[C@@H](CCC4(O)CC(OC(=O)CCC(=O)O)CCC34C=O)C1(O)CCC2C1=CC(=O)OC1. The number of hydrogen-bond acceptors (Lipinski definition) is 27. The van der Waals surface area contributed by atoms with E-state index in [1.807, 2.05) is 0 Å². The van der Waals surface area contributed by atoms with Crippen LogP contribution in [0.5, 0.6) is 0 Å². The van der Waals surface area contributed by atoms with Crippen LogP contribution in [-0.4, -0.2) is 218 Å². The third-order valence-electron chi connectivity index (χ3n) is 41.2. The first kappa shape index (κ1) is 94.0. The van der Waals surface area contributed by atoms with Crippen molar-refractivity contribution in [3.8, 4) is 0 Å². The van der Waals surface area contributed by atoms with Crippen molar-refractivity contribution in [1.82, 2.24) is 0 Å². The summed E-state index contributed by atoms with van der Waals surface area (Å²) < 4.78 is 37.0. The number of ether oxygens (including phenoxy) is 7. The van der Waals surface area contributed by atoms with E-state index in [2.05, 4.69) is 34.6 Å². The number of cyclic esters (lactones) is 4. The molecular weight excluding hydrogens is 1670 g/mol. The molecule has 16 aliphatic carbocycles. The van der Waals surface area contributed by atoms with Gasteiger partial charge in [0.25, 0.3) is 0 Å². The molecule has 0 aromatic carbocycles. The van der Waals surface area contributed by atoms with E-state index in [4.69, 9.17) is 38.3 Å². The maximum atomic E-state index is 12.8. The van der Waals surface area contributed by atoms with Crippen LogP contribution in [0.1, 0.15) is 292 Å². The fourth-order valence-electron chi connectivity index (χ4n) is 34.7. The summed E-state index contributed by atoms with van der Waals surface area (Å²) >= 11 is 0. The number of carboxylic acids is 2. The Balaban J connectivity index is 0.000000121. The molecule has 0 bridgehead atoms. The van der Waals surface area contributed by atoms with Crippen molar-refractivity contribution in [2.45, 2.75) is 362 Å². The molecule has 16 saturated carbocycles. The number of carbonyl (C=O) groups is 11. The predicted octanol–water partition coefficient (Wildman–Crippen LogP) is 9.86. The molecule has 16 fully saturated rings. The van der Waals surface area contributed by atoms with E-state index in [-0.39, 0.29) is 193 Å². The highest BCUT2D eigenvalue weighted by atomic mass is 16.6. The van der Waals surface area contributed by atoms with Crippen LogP contribution in [0.4, 0.5) is 0 Å². The first-order valence-electron chi connectivity index (χ1n) is 48.5. The molecule has 712 valence electrons. The van der Waals surface area contributed by atoms with Crippen molar-refractivity contribution in [3.05, 3.63) is 46.6 Å². The molecule has 0 saturated heterocycles. The normalized spacial score (nSPS) is 49.6. The molecule has 20 aliphatic rings. The van der Waals surface area contributed by atoms with Crippen LogP contribution in [0.15, 0.2) is 46.6 Å². The first-order valence-corrected chi connectivity index (χ1v) is 48.5. The van der Waals surface area contributed by atoms with Crippen molar-refractivity contribution in [2.24, 2.45) is 114 Å². The number of aliphatic carboxylic acids is 2. The Morgan fingerprint density at radius 1 is 0.349 bits per heavy atom. The van der Waals surface area contributed by atoms with E-state index < -0.39 is 102 Å². The summed E-state index contributed by atoms with van der Waals surface area (Å²) in [5, 5.41) is 125. The lowest BCUT2D eigenvalue weighted by Gasteiger charge is -2.66. The molecule has 0 amide bonds. The van der Waals surface area contributed by atoms with Gasteiger partial charge < -0.3 is 98.9 Å². The summed E-state index contributed by atoms with van der Waals surface area (Å²) in [7, 11) is 0. The quantitative estimate of drug-likeness (QED) is 0.0464. The van der Waals surface area contributed by atoms with Gasteiger partial charge in [0.15, 0.2) is 0 Å². The Morgan fingerprint density at radius 3 is 1.01 bits per heavy atom. The number of aldehydes is 2. The molecule has 29 nitrogen and oxygen atoms in total. The molecule has 0 aromatic heterocycles. The monoisotopic (exact) mass is 1800 g/mol. The van der Waals surface area contributed by atoms with Gasteiger partial charge in [-0.05, 0) is 304 Å². The number of aliphatic hydroxyl groups is 9. The molecule has 0 spiro atoms. The summed E-state index contributed by atoms with van der Waals surface area (Å²) in [5.74, 6) is -4.88. The maximum absolute atomic E-state index is 12.8. The highest BCUT2D eigenvalue weighted by Crippen LogP contribution is 2.77. The van der Waals surface area contributed by atoms with E-state index in [1.165, 1.54) is 13.8 Å². The van der Waals surface area contributed by atoms with Crippen LogP contribution in [0, 0.1) is 114 Å². The smallest absolute Gasteiger partial charge is 0.331 e. The topological polar surface area (TPSA) is 475 Å². The average molecular weight is 1800 g/mol. The number of carboxylic acid groups (broad SMARTS) is 2. The predicted molar refractivity (Wildman–Crippen MR) is 455 cm³/mol. The zero-order valence-corrected chi connectivity index (χ0v) is 76.2. The minimum Gasteiger partial charge on any atom is -0.481 e.